The van der Waals surface area contributed by atoms with E-state index in [0.29, 0.717) is 36.7 Å². The number of halogens is 3. The smallest absolute Gasteiger partial charge is 0.416 e. The first-order valence-electron chi connectivity index (χ1n) is 10.9. The lowest BCUT2D eigenvalue weighted by Gasteiger charge is -2.37. The summed E-state index contributed by atoms with van der Waals surface area (Å²) in [7, 11) is -3.94. The SMILES string of the molecule is CCOc1ccc(S(=O)(=O)N[C@@H](C)C(=O)N2CCN(c3cccc(C(F)(F)F)c3)CC2)cc1C. The van der Waals surface area contributed by atoms with Gasteiger partial charge in [-0.25, -0.2) is 8.42 Å². The highest BCUT2D eigenvalue weighted by Crippen LogP contribution is 2.32. The maximum atomic E-state index is 13.0. The van der Waals surface area contributed by atoms with Crippen molar-refractivity contribution in [2.75, 3.05) is 37.7 Å². The Balaban J connectivity index is 1.61. The molecule has 11 heteroatoms. The van der Waals surface area contributed by atoms with Gasteiger partial charge in [-0.2, -0.15) is 17.9 Å². The summed E-state index contributed by atoms with van der Waals surface area (Å²) in [6.45, 7) is 6.71. The fourth-order valence-corrected chi connectivity index (χ4v) is 5.08. The first-order chi connectivity index (χ1) is 15.9. The van der Waals surface area contributed by atoms with Crippen molar-refractivity contribution < 1.29 is 31.1 Å². The van der Waals surface area contributed by atoms with E-state index in [2.05, 4.69) is 4.72 Å². The lowest BCUT2D eigenvalue weighted by molar-refractivity contribution is -0.137. The highest BCUT2D eigenvalue weighted by molar-refractivity contribution is 7.89. The van der Waals surface area contributed by atoms with E-state index < -0.39 is 33.7 Å². The zero-order valence-electron chi connectivity index (χ0n) is 19.2. The van der Waals surface area contributed by atoms with Gasteiger partial charge in [0.15, 0.2) is 0 Å². The molecule has 0 aromatic heterocycles. The number of alkyl halides is 3. The molecule has 1 saturated heterocycles. The Morgan fingerprint density at radius 3 is 2.38 bits per heavy atom. The van der Waals surface area contributed by atoms with Gasteiger partial charge in [-0.15, -0.1) is 0 Å². The van der Waals surface area contributed by atoms with Crippen molar-refractivity contribution in [1.29, 1.82) is 0 Å². The summed E-state index contributed by atoms with van der Waals surface area (Å²) in [5, 5.41) is 0. The average molecular weight is 500 g/mol. The van der Waals surface area contributed by atoms with Crippen molar-refractivity contribution in [1.82, 2.24) is 9.62 Å². The van der Waals surface area contributed by atoms with Gasteiger partial charge in [-0.05, 0) is 62.7 Å². The van der Waals surface area contributed by atoms with Gasteiger partial charge in [0.05, 0.1) is 23.1 Å². The van der Waals surface area contributed by atoms with Gasteiger partial charge in [0.1, 0.15) is 5.75 Å². The van der Waals surface area contributed by atoms with Crippen LogP contribution < -0.4 is 14.4 Å². The minimum atomic E-state index is -4.43. The van der Waals surface area contributed by atoms with Crippen molar-refractivity contribution in [2.24, 2.45) is 0 Å². The summed E-state index contributed by atoms with van der Waals surface area (Å²) in [5.74, 6) is 0.194. The predicted octanol–water partition coefficient (Wildman–Crippen LogP) is 3.43. The maximum absolute atomic E-state index is 13.0. The second kappa shape index (κ2) is 10.2. The summed E-state index contributed by atoms with van der Waals surface area (Å²) >= 11 is 0. The number of ether oxygens (including phenoxy) is 1. The topological polar surface area (TPSA) is 78.9 Å². The molecule has 0 radical (unpaired) electrons. The molecule has 0 saturated carbocycles. The zero-order valence-corrected chi connectivity index (χ0v) is 20.0. The van der Waals surface area contributed by atoms with Crippen LogP contribution in [0.4, 0.5) is 18.9 Å². The van der Waals surface area contributed by atoms with Crippen LogP contribution in [-0.4, -0.2) is 58.1 Å². The molecule has 186 valence electrons. The Hall–Kier alpha value is -2.79. The van der Waals surface area contributed by atoms with E-state index >= 15 is 0 Å². The number of hydrogen-bond donors (Lipinski definition) is 1. The third-order valence-corrected chi connectivity index (χ3v) is 7.13. The molecule has 1 amide bonds. The molecule has 1 aliphatic heterocycles. The van der Waals surface area contributed by atoms with E-state index in [4.69, 9.17) is 4.74 Å². The number of aryl methyl sites for hydroxylation is 1. The molecule has 0 unspecified atom stereocenters. The molecule has 3 rings (SSSR count). The Bertz CT molecular complexity index is 1130. The van der Waals surface area contributed by atoms with Crippen LogP contribution in [0.2, 0.25) is 0 Å². The molecule has 1 N–H and O–H groups in total. The van der Waals surface area contributed by atoms with E-state index in [1.807, 2.05) is 6.92 Å². The van der Waals surface area contributed by atoms with Crippen LogP contribution in [0, 0.1) is 6.92 Å². The number of anilines is 1. The van der Waals surface area contributed by atoms with Crippen LogP contribution >= 0.6 is 0 Å². The molecule has 2 aromatic rings. The molecule has 1 aliphatic rings. The summed E-state index contributed by atoms with van der Waals surface area (Å²) in [5.41, 5.74) is 0.368. The lowest BCUT2D eigenvalue weighted by Crippen LogP contribution is -2.54. The number of hydrogen-bond acceptors (Lipinski definition) is 5. The van der Waals surface area contributed by atoms with Crippen LogP contribution in [-0.2, 0) is 21.0 Å². The number of carbonyl (C=O) groups excluding carboxylic acids is 1. The largest absolute Gasteiger partial charge is 0.494 e. The summed E-state index contributed by atoms with van der Waals surface area (Å²) in [6, 6.07) is 8.54. The van der Waals surface area contributed by atoms with Crippen molar-refractivity contribution >= 4 is 21.6 Å². The molecule has 1 heterocycles. The quantitative estimate of drug-likeness (QED) is 0.632. The third-order valence-electron chi connectivity index (χ3n) is 5.59. The molecule has 2 aromatic carbocycles. The van der Waals surface area contributed by atoms with Gasteiger partial charge < -0.3 is 14.5 Å². The van der Waals surface area contributed by atoms with Crippen molar-refractivity contribution in [3.63, 3.8) is 0 Å². The number of sulfonamides is 1. The van der Waals surface area contributed by atoms with Gasteiger partial charge in [0.2, 0.25) is 15.9 Å². The molecular weight excluding hydrogens is 471 g/mol. The van der Waals surface area contributed by atoms with E-state index in [9.17, 15) is 26.4 Å². The Morgan fingerprint density at radius 1 is 1.12 bits per heavy atom. The number of nitrogens with zero attached hydrogens (tertiary/aromatic N) is 2. The van der Waals surface area contributed by atoms with Crippen molar-refractivity contribution in [3.05, 3.63) is 53.6 Å². The first kappa shape index (κ1) is 25.8. The molecule has 0 aliphatic carbocycles. The number of amides is 1. The first-order valence-corrected chi connectivity index (χ1v) is 12.4. The number of rotatable bonds is 7. The maximum Gasteiger partial charge on any atom is 0.416 e. The Morgan fingerprint density at radius 2 is 1.79 bits per heavy atom. The van der Waals surface area contributed by atoms with Crippen LogP contribution in [0.25, 0.3) is 0 Å². The standard InChI is InChI=1S/C23H28F3N3O4S/c1-4-33-21-9-8-20(14-16(21)2)34(31,32)27-17(3)22(30)29-12-10-28(11-13-29)19-7-5-6-18(15-19)23(24,25)26/h5-9,14-15,17,27H,4,10-13H2,1-3H3/t17-/m0/s1. The molecule has 7 nitrogen and oxygen atoms in total. The summed E-state index contributed by atoms with van der Waals surface area (Å²) in [4.78, 5) is 16.2. The molecule has 0 spiro atoms. The summed E-state index contributed by atoms with van der Waals surface area (Å²) in [6.07, 6.45) is -4.43. The average Bonchev–Trinajstić information content (AvgIpc) is 2.79. The number of benzene rings is 2. The second-order valence-electron chi connectivity index (χ2n) is 8.06. The van der Waals surface area contributed by atoms with Gasteiger partial charge in [-0.3, -0.25) is 4.79 Å². The molecule has 0 bridgehead atoms. The van der Waals surface area contributed by atoms with Gasteiger partial charge >= 0.3 is 6.18 Å². The Kier molecular flexibility index (Phi) is 7.77. The highest BCUT2D eigenvalue weighted by atomic mass is 32.2. The van der Waals surface area contributed by atoms with Crippen LogP contribution in [0.5, 0.6) is 5.75 Å². The number of carbonyl (C=O) groups is 1. The van der Waals surface area contributed by atoms with Gasteiger partial charge in [-0.1, -0.05) is 6.07 Å². The highest BCUT2D eigenvalue weighted by Gasteiger charge is 2.32. The Labute approximate surface area is 197 Å². The van der Waals surface area contributed by atoms with Crippen LogP contribution in [0.1, 0.15) is 25.0 Å². The summed E-state index contributed by atoms with van der Waals surface area (Å²) < 4.78 is 72.4. The molecule has 34 heavy (non-hydrogen) atoms. The lowest BCUT2D eigenvalue weighted by atomic mass is 10.1. The third kappa shape index (κ3) is 6.01. The minimum Gasteiger partial charge on any atom is -0.494 e. The number of nitrogens with one attached hydrogen (secondary N) is 1. The van der Waals surface area contributed by atoms with E-state index in [0.717, 1.165) is 12.1 Å². The van der Waals surface area contributed by atoms with Crippen molar-refractivity contribution in [3.8, 4) is 5.75 Å². The van der Waals surface area contributed by atoms with Gasteiger partial charge in [0.25, 0.3) is 0 Å². The van der Waals surface area contributed by atoms with Crippen LogP contribution in [0.15, 0.2) is 47.4 Å². The second-order valence-corrected chi connectivity index (χ2v) is 9.78. The molecular formula is C23H28F3N3O4S. The molecule has 1 fully saturated rings. The van der Waals surface area contributed by atoms with E-state index in [1.54, 1.807) is 24.0 Å². The number of piperazine rings is 1. The van der Waals surface area contributed by atoms with E-state index in [1.165, 1.54) is 30.0 Å². The zero-order chi connectivity index (χ0) is 25.1. The van der Waals surface area contributed by atoms with Crippen molar-refractivity contribution in [2.45, 2.75) is 37.9 Å². The van der Waals surface area contributed by atoms with E-state index in [-0.39, 0.29) is 18.0 Å². The predicted molar refractivity (Wildman–Crippen MR) is 122 cm³/mol. The minimum absolute atomic E-state index is 0.0301. The normalized spacial score (nSPS) is 15.8. The fourth-order valence-electron chi connectivity index (χ4n) is 3.80. The van der Waals surface area contributed by atoms with Gasteiger partial charge in [0, 0.05) is 31.9 Å². The molecule has 1 atom stereocenters. The fraction of sp³-hybridized carbons (Fsp3) is 0.435. The van der Waals surface area contributed by atoms with Crippen LogP contribution in [0.3, 0.4) is 0 Å². The monoisotopic (exact) mass is 499 g/mol.